The van der Waals surface area contributed by atoms with Crippen molar-refractivity contribution in [3.63, 3.8) is 0 Å². The summed E-state index contributed by atoms with van der Waals surface area (Å²) in [5.74, 6) is 0.0148. The average molecular weight is 238 g/mol. The Hall–Kier alpha value is -1.05. The molecule has 1 heterocycles. The molecule has 1 amide bonds. The molecule has 0 aliphatic rings. The number of hydrogen-bond donors (Lipinski definition) is 1. The Kier molecular flexibility index (Phi) is 2.21. The number of amides is 1. The molecule has 0 aliphatic carbocycles. The third-order valence-electron chi connectivity index (χ3n) is 1.72. The summed E-state index contributed by atoms with van der Waals surface area (Å²) in [6, 6.07) is 10.3. The van der Waals surface area contributed by atoms with Gasteiger partial charge in [-0.05, 0) is 0 Å². The summed E-state index contributed by atoms with van der Waals surface area (Å²) in [5, 5.41) is 4.08. The Labute approximate surface area is 82.3 Å². The van der Waals surface area contributed by atoms with Gasteiger partial charge in [-0.3, -0.25) is 0 Å². The van der Waals surface area contributed by atoms with Crippen LogP contribution in [0.25, 0.3) is 9.65 Å². The van der Waals surface area contributed by atoms with Crippen molar-refractivity contribution in [3.8, 4) is 0 Å². The molecule has 1 aromatic carbocycles. The summed E-state index contributed by atoms with van der Waals surface area (Å²) in [6.07, 6.45) is 0. The van der Waals surface area contributed by atoms with Gasteiger partial charge in [-0.2, -0.15) is 0 Å². The zero-order chi connectivity index (χ0) is 9.26. The van der Waals surface area contributed by atoms with Crippen LogP contribution >= 0.6 is 0 Å². The van der Waals surface area contributed by atoms with Crippen LogP contribution in [0.2, 0.25) is 0 Å². The molecule has 13 heavy (non-hydrogen) atoms. The van der Waals surface area contributed by atoms with Crippen LogP contribution in [-0.4, -0.2) is 20.4 Å². The first-order chi connectivity index (χ1) is 6.25. The van der Waals surface area contributed by atoms with E-state index in [4.69, 9.17) is 0 Å². The Morgan fingerprint density at radius 2 is 2.15 bits per heavy atom. The van der Waals surface area contributed by atoms with Crippen molar-refractivity contribution in [1.82, 2.24) is 0 Å². The van der Waals surface area contributed by atoms with Gasteiger partial charge in [0.2, 0.25) is 0 Å². The number of anilines is 1. The monoisotopic (exact) mass is 239 g/mol. The van der Waals surface area contributed by atoms with E-state index in [9.17, 15) is 4.79 Å². The van der Waals surface area contributed by atoms with E-state index in [2.05, 4.69) is 23.5 Å². The third kappa shape index (κ3) is 1.82. The van der Waals surface area contributed by atoms with Crippen LogP contribution in [0, 0.1) is 0 Å². The fourth-order valence-corrected chi connectivity index (χ4v) is 3.33. The molecule has 0 saturated heterocycles. The third-order valence-corrected chi connectivity index (χ3v) is 3.89. The molecule has 2 aromatic rings. The minimum atomic E-state index is 0.0148. The van der Waals surface area contributed by atoms with E-state index < -0.39 is 0 Å². The van der Waals surface area contributed by atoms with Gasteiger partial charge in [0.05, 0.1) is 0 Å². The predicted molar refractivity (Wildman–Crippen MR) is 55.2 cm³/mol. The molecular weight excluding hydrogens is 229 g/mol. The molecule has 3 heteroatoms. The van der Waals surface area contributed by atoms with E-state index in [1.807, 2.05) is 12.1 Å². The molecule has 0 saturated carbocycles. The Morgan fingerprint density at radius 1 is 1.38 bits per heavy atom. The van der Waals surface area contributed by atoms with Crippen LogP contribution in [0.15, 0.2) is 30.3 Å². The van der Waals surface area contributed by atoms with Crippen molar-refractivity contribution < 1.29 is 4.79 Å². The number of carbonyl (C=O) groups excluding carboxylic acids is 1. The average Bonchev–Trinajstić information content (AvgIpc) is 2.44. The second-order valence-electron chi connectivity index (χ2n) is 2.83. The number of carbonyl (C=O) groups is 1. The number of hydrogen-bond acceptors (Lipinski definition) is 1. The van der Waals surface area contributed by atoms with Crippen molar-refractivity contribution in [2.75, 3.05) is 5.32 Å². The number of fused-ring (bicyclic) bond motifs is 1. The molecule has 2 nitrogen and oxygen atoms in total. The zero-order valence-corrected chi connectivity index (χ0v) is 8.92. The van der Waals surface area contributed by atoms with Gasteiger partial charge in [0.1, 0.15) is 0 Å². The minimum absolute atomic E-state index is 0.0148. The maximum atomic E-state index is 10.8. The quantitative estimate of drug-likeness (QED) is 0.755. The standard InChI is InChI=1S/C10H9NOSe/c1-7(12)11-10-6-8-4-2-3-5-9(8)13-10/h2-6H,1H3,(H,11,12). The van der Waals surface area contributed by atoms with Gasteiger partial charge < -0.3 is 0 Å². The normalized spacial score (nSPS) is 10.2. The SMILES string of the molecule is CC(=O)Nc1cc2ccccc2[se]1. The summed E-state index contributed by atoms with van der Waals surface area (Å²) in [4.78, 5) is 10.8. The molecule has 2 rings (SSSR count). The molecular formula is C10H9NOSe. The Morgan fingerprint density at radius 3 is 2.85 bits per heavy atom. The zero-order valence-electron chi connectivity index (χ0n) is 7.20. The van der Waals surface area contributed by atoms with Crippen LogP contribution in [0.3, 0.4) is 0 Å². The van der Waals surface area contributed by atoms with Crippen LogP contribution < -0.4 is 5.32 Å². The number of nitrogens with one attached hydrogen (secondary N) is 1. The van der Waals surface area contributed by atoms with E-state index in [0.717, 1.165) is 4.56 Å². The van der Waals surface area contributed by atoms with Crippen LogP contribution in [0.1, 0.15) is 6.92 Å². The van der Waals surface area contributed by atoms with Gasteiger partial charge in [0, 0.05) is 0 Å². The van der Waals surface area contributed by atoms with Gasteiger partial charge in [0.25, 0.3) is 0 Å². The van der Waals surface area contributed by atoms with Crippen molar-refractivity contribution in [1.29, 1.82) is 0 Å². The summed E-state index contributed by atoms with van der Waals surface area (Å²) in [6.45, 7) is 1.54. The van der Waals surface area contributed by atoms with Crippen molar-refractivity contribution in [2.24, 2.45) is 0 Å². The second-order valence-corrected chi connectivity index (χ2v) is 5.10. The van der Waals surface area contributed by atoms with E-state index in [1.54, 1.807) is 6.92 Å². The van der Waals surface area contributed by atoms with Crippen LogP contribution in [0.5, 0.6) is 0 Å². The molecule has 0 atom stereocenters. The topological polar surface area (TPSA) is 29.1 Å². The van der Waals surface area contributed by atoms with E-state index >= 15 is 0 Å². The molecule has 66 valence electrons. The van der Waals surface area contributed by atoms with E-state index in [1.165, 1.54) is 9.65 Å². The number of benzene rings is 1. The molecule has 0 aliphatic heterocycles. The van der Waals surface area contributed by atoms with Gasteiger partial charge in [-0.15, -0.1) is 0 Å². The molecule has 1 N–H and O–H groups in total. The fraction of sp³-hybridized carbons (Fsp3) is 0.100. The predicted octanol–water partition coefficient (Wildman–Crippen LogP) is 1.86. The molecule has 1 aromatic heterocycles. The van der Waals surface area contributed by atoms with Gasteiger partial charge in [-0.1, -0.05) is 0 Å². The maximum absolute atomic E-state index is 10.8. The molecule has 0 unspecified atom stereocenters. The Balaban J connectivity index is 2.44. The summed E-state index contributed by atoms with van der Waals surface area (Å²) in [7, 11) is 0. The van der Waals surface area contributed by atoms with Gasteiger partial charge in [-0.25, -0.2) is 0 Å². The molecule has 0 fully saturated rings. The Bertz CT molecular complexity index is 414. The summed E-state index contributed by atoms with van der Waals surface area (Å²) < 4.78 is 2.40. The summed E-state index contributed by atoms with van der Waals surface area (Å²) >= 11 is 0.280. The molecule has 0 radical (unpaired) electrons. The first-order valence-corrected chi connectivity index (χ1v) is 5.73. The first kappa shape index (κ1) is 8.54. The fourth-order valence-electron chi connectivity index (χ4n) is 1.22. The molecule has 0 bridgehead atoms. The van der Waals surface area contributed by atoms with Crippen LogP contribution in [-0.2, 0) is 4.79 Å². The van der Waals surface area contributed by atoms with Crippen molar-refractivity contribution >= 4 is 34.6 Å². The van der Waals surface area contributed by atoms with Gasteiger partial charge >= 0.3 is 82.0 Å². The van der Waals surface area contributed by atoms with Crippen molar-refractivity contribution in [3.05, 3.63) is 30.3 Å². The van der Waals surface area contributed by atoms with E-state index in [0.29, 0.717) is 0 Å². The molecule has 0 spiro atoms. The summed E-state index contributed by atoms with van der Waals surface area (Å²) in [5.41, 5.74) is 0. The second kappa shape index (κ2) is 3.36. The van der Waals surface area contributed by atoms with Gasteiger partial charge in [0.15, 0.2) is 0 Å². The van der Waals surface area contributed by atoms with Crippen LogP contribution in [0.4, 0.5) is 4.56 Å². The first-order valence-electron chi connectivity index (χ1n) is 4.02. The number of rotatable bonds is 1. The van der Waals surface area contributed by atoms with Crippen molar-refractivity contribution in [2.45, 2.75) is 6.92 Å². The van der Waals surface area contributed by atoms with E-state index in [-0.39, 0.29) is 20.4 Å².